The molecule has 4 heterocycles. The van der Waals surface area contributed by atoms with Crippen LogP contribution in [-0.2, 0) is 0 Å². The summed E-state index contributed by atoms with van der Waals surface area (Å²) in [6.07, 6.45) is 6.14. The zero-order valence-corrected chi connectivity index (χ0v) is 15.1. The molecule has 4 rings (SSSR count). The number of hydrogen-bond donors (Lipinski definition) is 3. The smallest absolute Gasteiger partial charge is 0.128 e. The number of amidine groups is 2. The van der Waals surface area contributed by atoms with E-state index in [1.807, 2.05) is 12.2 Å². The lowest BCUT2D eigenvalue weighted by atomic mass is 10.2. The van der Waals surface area contributed by atoms with Crippen molar-refractivity contribution in [1.29, 1.82) is 5.41 Å². The molecular weight excluding hydrogens is 326 g/mol. The lowest BCUT2D eigenvalue weighted by Crippen LogP contribution is -2.44. The molecule has 7 heteroatoms. The quantitative estimate of drug-likeness (QED) is 0.559. The number of aromatic nitrogens is 1. The molecule has 1 atom stereocenters. The number of hydrogen-bond acceptors (Lipinski definition) is 6. The predicted molar refractivity (Wildman–Crippen MR) is 105 cm³/mol. The van der Waals surface area contributed by atoms with E-state index in [9.17, 15) is 0 Å². The van der Waals surface area contributed by atoms with Crippen LogP contribution in [0.5, 0.6) is 0 Å². The molecule has 138 valence electrons. The minimum Gasteiger partial charge on any atom is -0.360 e. The van der Waals surface area contributed by atoms with Gasteiger partial charge in [-0.2, -0.15) is 0 Å². The molecule has 3 aliphatic rings. The van der Waals surface area contributed by atoms with Gasteiger partial charge in [0.15, 0.2) is 0 Å². The average molecular weight is 353 g/mol. The van der Waals surface area contributed by atoms with Crippen molar-refractivity contribution in [2.24, 2.45) is 4.99 Å². The largest absolute Gasteiger partial charge is 0.360 e. The van der Waals surface area contributed by atoms with Crippen molar-refractivity contribution in [1.82, 2.24) is 20.5 Å². The second-order valence-corrected chi connectivity index (χ2v) is 6.99. The third kappa shape index (κ3) is 3.88. The van der Waals surface area contributed by atoms with E-state index in [0.29, 0.717) is 12.4 Å². The summed E-state index contributed by atoms with van der Waals surface area (Å²) in [6, 6.07) is 6.34. The van der Waals surface area contributed by atoms with Crippen LogP contribution in [-0.4, -0.2) is 67.4 Å². The maximum Gasteiger partial charge on any atom is 0.128 e. The minimum absolute atomic E-state index is 0.110. The normalized spacial score (nSPS) is 23.4. The highest BCUT2D eigenvalue weighted by atomic mass is 15.2. The second kappa shape index (κ2) is 7.86. The molecule has 0 amide bonds. The van der Waals surface area contributed by atoms with E-state index in [1.54, 1.807) is 0 Å². The van der Waals surface area contributed by atoms with Crippen molar-refractivity contribution >= 4 is 17.5 Å². The number of nitrogens with one attached hydrogen (secondary N) is 3. The molecule has 0 radical (unpaired) electrons. The molecule has 2 saturated heterocycles. The Labute approximate surface area is 154 Å². The van der Waals surface area contributed by atoms with Gasteiger partial charge in [-0.1, -0.05) is 6.07 Å². The molecular formula is C19H27N7. The SMILES string of the molecule is N=C(/C=C\C1=NCC(c2cccc(N3CCNCC3)n2)N1)N1CCCC1. The molecule has 3 N–H and O–H groups in total. The number of aliphatic imine (C=N–C) groups is 1. The summed E-state index contributed by atoms with van der Waals surface area (Å²) in [7, 11) is 0. The fourth-order valence-corrected chi connectivity index (χ4v) is 3.65. The summed E-state index contributed by atoms with van der Waals surface area (Å²) < 4.78 is 0. The molecule has 1 unspecified atom stereocenters. The van der Waals surface area contributed by atoms with Gasteiger partial charge in [-0.3, -0.25) is 10.4 Å². The van der Waals surface area contributed by atoms with E-state index in [1.165, 1.54) is 12.8 Å². The highest BCUT2D eigenvalue weighted by Gasteiger charge is 2.21. The highest BCUT2D eigenvalue weighted by molar-refractivity contribution is 6.01. The highest BCUT2D eigenvalue weighted by Crippen LogP contribution is 2.20. The van der Waals surface area contributed by atoms with E-state index >= 15 is 0 Å². The first kappa shape index (κ1) is 17.0. The van der Waals surface area contributed by atoms with E-state index in [0.717, 1.165) is 56.6 Å². The monoisotopic (exact) mass is 353 g/mol. The molecule has 3 aliphatic heterocycles. The Morgan fingerprint density at radius 2 is 1.96 bits per heavy atom. The van der Waals surface area contributed by atoms with Gasteiger partial charge >= 0.3 is 0 Å². The molecule has 0 bridgehead atoms. The Kier molecular flexibility index (Phi) is 5.15. The van der Waals surface area contributed by atoms with Crippen LogP contribution in [0.25, 0.3) is 0 Å². The number of anilines is 1. The number of likely N-dealkylation sites (tertiary alicyclic amines) is 1. The molecule has 7 nitrogen and oxygen atoms in total. The summed E-state index contributed by atoms with van der Waals surface area (Å²) in [5, 5.41) is 15.0. The minimum atomic E-state index is 0.110. The maximum atomic E-state index is 8.14. The van der Waals surface area contributed by atoms with E-state index < -0.39 is 0 Å². The molecule has 26 heavy (non-hydrogen) atoms. The van der Waals surface area contributed by atoms with Gasteiger partial charge in [-0.25, -0.2) is 4.98 Å². The average Bonchev–Trinajstić information content (AvgIpc) is 3.39. The van der Waals surface area contributed by atoms with Crippen molar-refractivity contribution < 1.29 is 0 Å². The molecule has 2 fully saturated rings. The van der Waals surface area contributed by atoms with Gasteiger partial charge in [-0.15, -0.1) is 0 Å². The van der Waals surface area contributed by atoms with Crippen LogP contribution < -0.4 is 15.5 Å². The van der Waals surface area contributed by atoms with Gasteiger partial charge in [0.1, 0.15) is 17.5 Å². The molecule has 0 spiro atoms. The van der Waals surface area contributed by atoms with Gasteiger partial charge < -0.3 is 20.4 Å². The van der Waals surface area contributed by atoms with Crippen LogP contribution >= 0.6 is 0 Å². The Balaban J connectivity index is 1.36. The van der Waals surface area contributed by atoms with E-state index in [2.05, 4.69) is 43.6 Å². The van der Waals surface area contributed by atoms with Crippen LogP contribution in [0.2, 0.25) is 0 Å². The summed E-state index contributed by atoms with van der Waals surface area (Å²) in [6.45, 7) is 6.69. The number of pyridine rings is 1. The zero-order valence-electron chi connectivity index (χ0n) is 15.1. The van der Waals surface area contributed by atoms with Crippen molar-refractivity contribution in [3.63, 3.8) is 0 Å². The molecule has 0 aliphatic carbocycles. The topological polar surface area (TPSA) is 79.6 Å². The summed E-state index contributed by atoms with van der Waals surface area (Å²) in [4.78, 5) is 13.9. The van der Waals surface area contributed by atoms with Gasteiger partial charge in [0, 0.05) is 39.3 Å². The van der Waals surface area contributed by atoms with Crippen LogP contribution in [0.3, 0.4) is 0 Å². The van der Waals surface area contributed by atoms with Crippen LogP contribution in [0.4, 0.5) is 5.82 Å². The van der Waals surface area contributed by atoms with Gasteiger partial charge in [0.05, 0.1) is 18.3 Å². The lowest BCUT2D eigenvalue weighted by Gasteiger charge is -2.29. The van der Waals surface area contributed by atoms with Crippen LogP contribution in [0, 0.1) is 5.41 Å². The third-order valence-corrected chi connectivity index (χ3v) is 5.17. The number of nitrogens with zero attached hydrogens (tertiary/aromatic N) is 4. The third-order valence-electron chi connectivity index (χ3n) is 5.17. The summed E-state index contributed by atoms with van der Waals surface area (Å²) in [5.41, 5.74) is 1.03. The second-order valence-electron chi connectivity index (χ2n) is 6.99. The molecule has 1 aromatic heterocycles. The van der Waals surface area contributed by atoms with Gasteiger partial charge in [-0.05, 0) is 37.1 Å². The Hall–Kier alpha value is -2.41. The van der Waals surface area contributed by atoms with Crippen molar-refractivity contribution in [3.8, 4) is 0 Å². The summed E-state index contributed by atoms with van der Waals surface area (Å²) >= 11 is 0. The maximum absolute atomic E-state index is 8.14. The zero-order chi connectivity index (χ0) is 17.8. The number of piperazine rings is 1. The molecule has 1 aromatic rings. The first-order valence-electron chi connectivity index (χ1n) is 9.55. The molecule has 0 saturated carbocycles. The first-order valence-corrected chi connectivity index (χ1v) is 9.55. The Morgan fingerprint density at radius 3 is 2.77 bits per heavy atom. The van der Waals surface area contributed by atoms with Crippen molar-refractivity contribution in [3.05, 3.63) is 36.0 Å². The lowest BCUT2D eigenvalue weighted by molar-refractivity contribution is 0.519. The number of rotatable bonds is 4. The van der Waals surface area contributed by atoms with Crippen LogP contribution in [0.15, 0.2) is 35.3 Å². The Bertz CT molecular complexity index is 700. The first-order chi connectivity index (χ1) is 12.8. The van der Waals surface area contributed by atoms with Gasteiger partial charge in [0.2, 0.25) is 0 Å². The fourth-order valence-electron chi connectivity index (χ4n) is 3.65. The van der Waals surface area contributed by atoms with E-state index in [-0.39, 0.29) is 6.04 Å². The Morgan fingerprint density at radius 1 is 1.15 bits per heavy atom. The summed E-state index contributed by atoms with van der Waals surface area (Å²) in [5.74, 6) is 2.47. The van der Waals surface area contributed by atoms with Gasteiger partial charge in [0.25, 0.3) is 0 Å². The van der Waals surface area contributed by atoms with Crippen molar-refractivity contribution in [2.75, 3.05) is 50.7 Å². The van der Waals surface area contributed by atoms with Crippen LogP contribution in [0.1, 0.15) is 24.6 Å². The molecule has 0 aromatic carbocycles. The van der Waals surface area contributed by atoms with E-state index in [4.69, 9.17) is 10.4 Å². The standard InChI is InChI=1S/C19H27N7/c20-17(25-10-1-2-11-25)6-7-18-22-14-16(23-18)15-4-3-5-19(24-15)26-12-8-21-9-13-26/h3-7,16,20-21H,1-2,8-14H2,(H,22,23)/b7-6-,20-17?. The van der Waals surface area contributed by atoms with Crippen molar-refractivity contribution in [2.45, 2.75) is 18.9 Å². The predicted octanol–water partition coefficient (Wildman–Crippen LogP) is 1.16. The fraction of sp³-hybridized carbons (Fsp3) is 0.526.